The molecule has 9 nitrogen and oxygen atoms in total. The molecule has 2 N–H and O–H groups in total. The molecular formula is C27H25N3O6S2. The topological polar surface area (TPSA) is 122 Å². The third kappa shape index (κ3) is 4.90. The number of sulfonamides is 2. The maximum atomic E-state index is 13.1. The zero-order chi connectivity index (χ0) is 26.9. The first-order valence-corrected chi connectivity index (χ1v) is 14.7. The minimum Gasteiger partial charge on any atom is -0.497 e. The Hall–Kier alpha value is -4.09. The van der Waals surface area contributed by atoms with E-state index in [9.17, 15) is 21.6 Å². The number of benzene rings is 4. The van der Waals surface area contributed by atoms with Crippen molar-refractivity contribution < 1.29 is 26.4 Å². The lowest BCUT2D eigenvalue weighted by Gasteiger charge is -2.18. The van der Waals surface area contributed by atoms with Gasteiger partial charge in [-0.3, -0.25) is 13.8 Å². The molecule has 0 aromatic heterocycles. The summed E-state index contributed by atoms with van der Waals surface area (Å²) in [4.78, 5) is 12.8. The van der Waals surface area contributed by atoms with Crippen molar-refractivity contribution in [3.05, 3.63) is 84.9 Å². The Balaban J connectivity index is 1.18. The molecular weight excluding hydrogens is 526 g/mol. The third-order valence-corrected chi connectivity index (χ3v) is 9.49. The lowest BCUT2D eigenvalue weighted by atomic mass is 10.1. The fraction of sp³-hybridized carbons (Fsp3) is 0.148. The summed E-state index contributed by atoms with van der Waals surface area (Å²) in [6.45, 7) is 0.164. The molecule has 1 aliphatic heterocycles. The van der Waals surface area contributed by atoms with Crippen LogP contribution in [0.2, 0.25) is 0 Å². The number of nitrogens with one attached hydrogen (secondary N) is 2. The van der Waals surface area contributed by atoms with Gasteiger partial charge in [0.1, 0.15) is 5.75 Å². The van der Waals surface area contributed by atoms with Crippen molar-refractivity contribution in [1.82, 2.24) is 0 Å². The number of rotatable bonds is 9. The van der Waals surface area contributed by atoms with Gasteiger partial charge in [0.05, 0.1) is 22.6 Å². The summed E-state index contributed by atoms with van der Waals surface area (Å²) >= 11 is 0. The maximum Gasteiger partial charge on any atom is 0.265 e. The number of anilines is 3. The number of hydrogen-bond donors (Lipinski definition) is 2. The molecule has 1 heterocycles. The average molecular weight is 552 g/mol. The highest BCUT2D eigenvalue weighted by Crippen LogP contribution is 2.42. The van der Waals surface area contributed by atoms with Crippen molar-refractivity contribution in [3.8, 4) is 5.75 Å². The van der Waals surface area contributed by atoms with Gasteiger partial charge in [0.2, 0.25) is 5.91 Å². The van der Waals surface area contributed by atoms with E-state index >= 15 is 0 Å². The highest BCUT2D eigenvalue weighted by molar-refractivity contribution is 7.93. The Kier molecular flexibility index (Phi) is 6.72. The van der Waals surface area contributed by atoms with E-state index in [4.69, 9.17) is 4.74 Å². The SMILES string of the molecule is COc1ccc(NS(=O)(=O)c2ccc(NC(=O)CCCN3c4cccc5cccc(c45)S3(=O)=O)cc2)cc1. The predicted octanol–water partition coefficient (Wildman–Crippen LogP) is 4.58. The van der Waals surface area contributed by atoms with Crippen LogP contribution in [0.15, 0.2) is 94.7 Å². The van der Waals surface area contributed by atoms with E-state index in [-0.39, 0.29) is 28.7 Å². The summed E-state index contributed by atoms with van der Waals surface area (Å²) in [5.74, 6) is 0.307. The molecule has 196 valence electrons. The van der Waals surface area contributed by atoms with Crippen molar-refractivity contribution in [3.63, 3.8) is 0 Å². The minimum atomic E-state index is -3.82. The number of ether oxygens (including phenoxy) is 1. The van der Waals surface area contributed by atoms with Gasteiger partial charge < -0.3 is 10.1 Å². The maximum absolute atomic E-state index is 13.1. The van der Waals surface area contributed by atoms with Gasteiger partial charge in [0, 0.05) is 29.7 Å². The highest BCUT2D eigenvalue weighted by atomic mass is 32.2. The Bertz CT molecular complexity index is 1710. The van der Waals surface area contributed by atoms with Crippen LogP contribution in [-0.4, -0.2) is 36.4 Å². The molecule has 0 atom stereocenters. The van der Waals surface area contributed by atoms with E-state index in [1.807, 2.05) is 18.2 Å². The van der Waals surface area contributed by atoms with E-state index in [0.29, 0.717) is 34.6 Å². The first-order valence-electron chi connectivity index (χ1n) is 11.8. The Labute approximate surface area is 221 Å². The first-order chi connectivity index (χ1) is 18.2. The van der Waals surface area contributed by atoms with Crippen LogP contribution in [0.1, 0.15) is 12.8 Å². The minimum absolute atomic E-state index is 0.0410. The Morgan fingerprint density at radius 1 is 0.895 bits per heavy atom. The molecule has 1 aliphatic rings. The van der Waals surface area contributed by atoms with Crippen molar-refractivity contribution in [2.24, 2.45) is 0 Å². The van der Waals surface area contributed by atoms with Gasteiger partial charge in [-0.15, -0.1) is 0 Å². The Morgan fingerprint density at radius 3 is 2.24 bits per heavy atom. The molecule has 4 aromatic carbocycles. The molecule has 38 heavy (non-hydrogen) atoms. The molecule has 0 saturated carbocycles. The van der Waals surface area contributed by atoms with E-state index in [1.54, 1.807) is 42.5 Å². The second kappa shape index (κ2) is 9.99. The van der Waals surface area contributed by atoms with E-state index in [2.05, 4.69) is 10.0 Å². The van der Waals surface area contributed by atoms with Crippen LogP contribution in [0, 0.1) is 0 Å². The van der Waals surface area contributed by atoms with Crippen LogP contribution >= 0.6 is 0 Å². The predicted molar refractivity (Wildman–Crippen MR) is 147 cm³/mol. The second-order valence-corrected chi connectivity index (χ2v) is 12.2. The van der Waals surface area contributed by atoms with E-state index < -0.39 is 20.0 Å². The lowest BCUT2D eigenvalue weighted by Crippen LogP contribution is -2.28. The fourth-order valence-corrected chi connectivity index (χ4v) is 7.20. The largest absolute Gasteiger partial charge is 0.497 e. The summed E-state index contributed by atoms with van der Waals surface area (Å²) < 4.78 is 60.4. The number of methoxy groups -OCH3 is 1. The number of amides is 1. The van der Waals surface area contributed by atoms with Crippen LogP contribution in [0.4, 0.5) is 17.1 Å². The smallest absolute Gasteiger partial charge is 0.265 e. The standard InChI is InChI=1S/C27H25N3O6S2/c1-36-22-14-10-21(11-15-22)29-37(32,33)23-16-12-20(13-17-23)28-26(31)9-4-18-30-24-7-2-5-19-6-3-8-25(27(19)24)38(30,34)35/h2-3,5-8,10-17,29H,4,9,18H2,1H3,(H,28,31). The summed E-state index contributed by atoms with van der Waals surface area (Å²) in [5.41, 5.74) is 1.45. The number of nitrogens with zero attached hydrogens (tertiary/aromatic N) is 1. The summed E-state index contributed by atoms with van der Waals surface area (Å²) in [5, 5.41) is 4.29. The second-order valence-electron chi connectivity index (χ2n) is 8.72. The molecule has 0 bridgehead atoms. The van der Waals surface area contributed by atoms with Crippen molar-refractivity contribution in [1.29, 1.82) is 0 Å². The van der Waals surface area contributed by atoms with Crippen molar-refractivity contribution in [2.75, 3.05) is 28.0 Å². The van der Waals surface area contributed by atoms with Crippen LogP contribution in [0.25, 0.3) is 10.8 Å². The molecule has 0 aliphatic carbocycles. The van der Waals surface area contributed by atoms with Gasteiger partial charge in [-0.2, -0.15) is 0 Å². The average Bonchev–Trinajstić information content (AvgIpc) is 3.12. The highest BCUT2D eigenvalue weighted by Gasteiger charge is 2.35. The van der Waals surface area contributed by atoms with Gasteiger partial charge >= 0.3 is 0 Å². The van der Waals surface area contributed by atoms with Crippen molar-refractivity contribution >= 4 is 53.8 Å². The molecule has 0 unspecified atom stereocenters. The molecule has 0 radical (unpaired) electrons. The number of carbonyl (C=O) groups is 1. The summed E-state index contributed by atoms with van der Waals surface area (Å²) in [7, 11) is -5.96. The quantitative estimate of drug-likeness (QED) is 0.314. The van der Waals surface area contributed by atoms with Gasteiger partial charge in [-0.1, -0.05) is 24.3 Å². The molecule has 1 amide bonds. The summed E-state index contributed by atoms with van der Waals surface area (Å²) in [6, 6.07) is 23.0. The fourth-order valence-electron chi connectivity index (χ4n) is 4.40. The molecule has 4 aromatic rings. The molecule has 0 saturated heterocycles. The monoisotopic (exact) mass is 551 g/mol. The Morgan fingerprint density at radius 2 is 1.55 bits per heavy atom. The van der Waals surface area contributed by atoms with Gasteiger partial charge in [-0.25, -0.2) is 16.8 Å². The number of hydrogen-bond acceptors (Lipinski definition) is 6. The van der Waals surface area contributed by atoms with Gasteiger partial charge in [0.15, 0.2) is 0 Å². The third-order valence-electron chi connectivity index (χ3n) is 6.24. The number of carbonyl (C=O) groups excluding carboxylic acids is 1. The van der Waals surface area contributed by atoms with Gasteiger partial charge in [-0.05, 0) is 72.5 Å². The zero-order valence-electron chi connectivity index (χ0n) is 20.4. The van der Waals surface area contributed by atoms with E-state index in [1.165, 1.54) is 35.7 Å². The normalized spacial score (nSPS) is 13.9. The van der Waals surface area contributed by atoms with Crippen LogP contribution < -0.4 is 19.1 Å². The van der Waals surface area contributed by atoms with E-state index in [0.717, 1.165) is 5.39 Å². The molecule has 0 spiro atoms. The summed E-state index contributed by atoms with van der Waals surface area (Å²) in [6.07, 6.45) is 0.408. The van der Waals surface area contributed by atoms with Gasteiger partial charge in [0.25, 0.3) is 20.0 Å². The van der Waals surface area contributed by atoms with Crippen molar-refractivity contribution in [2.45, 2.75) is 22.6 Å². The zero-order valence-corrected chi connectivity index (χ0v) is 22.1. The molecule has 0 fully saturated rings. The van der Waals surface area contributed by atoms with Crippen LogP contribution in [-0.2, 0) is 24.8 Å². The van der Waals surface area contributed by atoms with Crippen LogP contribution in [0.5, 0.6) is 5.75 Å². The molecule has 11 heteroatoms. The van der Waals surface area contributed by atoms with Crippen LogP contribution in [0.3, 0.4) is 0 Å². The molecule has 5 rings (SSSR count). The lowest BCUT2D eigenvalue weighted by molar-refractivity contribution is -0.116. The first kappa shape index (κ1) is 25.6.